The number of halogens is 1. The molecule has 158 valence electrons. The van der Waals surface area contributed by atoms with E-state index in [1.165, 1.54) is 23.1 Å². The van der Waals surface area contributed by atoms with Crippen LogP contribution < -0.4 is 10.1 Å². The van der Waals surface area contributed by atoms with Gasteiger partial charge in [-0.05, 0) is 48.6 Å². The smallest absolute Gasteiger partial charge is 0.266 e. The fourth-order valence-corrected chi connectivity index (χ4v) is 4.79. The van der Waals surface area contributed by atoms with Crippen molar-refractivity contribution in [1.82, 2.24) is 10.2 Å². The Morgan fingerprint density at radius 3 is 2.70 bits per heavy atom. The molecule has 1 heterocycles. The quantitative estimate of drug-likeness (QED) is 0.314. The van der Waals surface area contributed by atoms with Crippen LogP contribution in [0.1, 0.15) is 43.4 Å². The lowest BCUT2D eigenvalue weighted by molar-refractivity contribution is -0.122. The lowest BCUT2D eigenvalue weighted by atomic mass is 10.0. The van der Waals surface area contributed by atoms with Crippen molar-refractivity contribution < 1.29 is 9.53 Å². The van der Waals surface area contributed by atoms with Gasteiger partial charge in [-0.2, -0.15) is 0 Å². The molecule has 3 aromatic rings. The van der Waals surface area contributed by atoms with E-state index >= 15 is 0 Å². The van der Waals surface area contributed by atoms with Crippen molar-refractivity contribution in [3.63, 3.8) is 0 Å². The van der Waals surface area contributed by atoms with E-state index in [4.69, 9.17) is 16.3 Å². The molecule has 1 N–H and O–H groups in total. The Morgan fingerprint density at radius 1 is 1.20 bits per heavy atom. The maximum absolute atomic E-state index is 12.6. The van der Waals surface area contributed by atoms with Crippen LogP contribution in [-0.2, 0) is 10.5 Å². The maximum Gasteiger partial charge on any atom is 0.266 e. The summed E-state index contributed by atoms with van der Waals surface area (Å²) in [7, 11) is 0. The second kappa shape index (κ2) is 10.3. The number of aryl methyl sites for hydroxylation is 1. The van der Waals surface area contributed by atoms with E-state index < -0.39 is 6.10 Å². The largest absolute Gasteiger partial charge is 0.481 e. The van der Waals surface area contributed by atoms with Gasteiger partial charge in [-0.1, -0.05) is 78.9 Å². The van der Waals surface area contributed by atoms with Gasteiger partial charge in [-0.15, -0.1) is 10.2 Å². The highest BCUT2D eigenvalue weighted by molar-refractivity contribution is 8.00. The summed E-state index contributed by atoms with van der Waals surface area (Å²) in [5.41, 5.74) is 3.20. The minimum atomic E-state index is -0.660. The molecule has 8 heteroatoms. The van der Waals surface area contributed by atoms with Crippen LogP contribution in [0.3, 0.4) is 0 Å². The van der Waals surface area contributed by atoms with Crippen LogP contribution in [0.4, 0.5) is 5.13 Å². The fraction of sp³-hybridized carbons (Fsp3) is 0.318. The highest BCUT2D eigenvalue weighted by atomic mass is 35.5. The number of rotatable bonds is 8. The van der Waals surface area contributed by atoms with Crippen molar-refractivity contribution in [2.45, 2.75) is 49.8 Å². The molecule has 0 spiro atoms. The van der Waals surface area contributed by atoms with Gasteiger partial charge in [0.25, 0.3) is 5.91 Å². The first-order chi connectivity index (χ1) is 14.3. The molecule has 1 unspecified atom stereocenters. The van der Waals surface area contributed by atoms with Crippen molar-refractivity contribution in [1.29, 1.82) is 0 Å². The van der Waals surface area contributed by atoms with Gasteiger partial charge in [0.15, 0.2) is 10.4 Å². The van der Waals surface area contributed by atoms with E-state index in [1.54, 1.807) is 6.92 Å². The van der Waals surface area contributed by atoms with Crippen LogP contribution in [0.2, 0.25) is 5.02 Å². The zero-order valence-electron chi connectivity index (χ0n) is 17.3. The van der Waals surface area contributed by atoms with Gasteiger partial charge in [0.2, 0.25) is 5.13 Å². The summed E-state index contributed by atoms with van der Waals surface area (Å²) in [6.45, 7) is 7.94. The minimum Gasteiger partial charge on any atom is -0.481 e. The van der Waals surface area contributed by atoms with Crippen molar-refractivity contribution in [3.8, 4) is 5.75 Å². The van der Waals surface area contributed by atoms with E-state index in [0.29, 0.717) is 16.8 Å². The first-order valence-electron chi connectivity index (χ1n) is 9.61. The number of aromatic nitrogens is 2. The molecule has 0 radical (unpaired) electrons. The Kier molecular flexibility index (Phi) is 7.75. The number of amides is 1. The van der Waals surface area contributed by atoms with E-state index in [2.05, 4.69) is 35.4 Å². The summed E-state index contributed by atoms with van der Waals surface area (Å²) in [5, 5.41) is 12.2. The molecule has 3 rings (SSSR count). The average molecular weight is 462 g/mol. The zero-order valence-corrected chi connectivity index (χ0v) is 19.7. The third kappa shape index (κ3) is 5.97. The van der Waals surface area contributed by atoms with Gasteiger partial charge in [0.05, 0.1) is 0 Å². The molecular formula is C22H24ClN3O2S2. The molecule has 0 saturated heterocycles. The van der Waals surface area contributed by atoms with Crippen LogP contribution in [-0.4, -0.2) is 22.2 Å². The van der Waals surface area contributed by atoms with Crippen molar-refractivity contribution in [2.24, 2.45) is 0 Å². The molecule has 0 aliphatic rings. The van der Waals surface area contributed by atoms with Crippen LogP contribution in [0.25, 0.3) is 0 Å². The molecule has 0 aliphatic heterocycles. The molecule has 5 nitrogen and oxygen atoms in total. The predicted octanol–water partition coefficient (Wildman–Crippen LogP) is 6.32. The first-order valence-corrected chi connectivity index (χ1v) is 11.8. The fourth-order valence-electron chi connectivity index (χ4n) is 2.75. The van der Waals surface area contributed by atoms with E-state index in [9.17, 15) is 4.79 Å². The Morgan fingerprint density at radius 2 is 1.97 bits per heavy atom. The number of hydrogen-bond acceptors (Lipinski definition) is 6. The molecular weight excluding hydrogens is 438 g/mol. The van der Waals surface area contributed by atoms with Gasteiger partial charge < -0.3 is 4.74 Å². The topological polar surface area (TPSA) is 64.1 Å². The highest BCUT2D eigenvalue weighted by Crippen LogP contribution is 2.31. The number of carbonyl (C=O) groups excluding carboxylic acids is 1. The SMILES string of the molecule is Cc1ccc(C(C)C)c(OC(C)C(=O)Nc2nnc(SCc3ccccc3Cl)s2)c1. The molecule has 1 aromatic heterocycles. The molecule has 0 fully saturated rings. The number of hydrogen-bond donors (Lipinski definition) is 1. The summed E-state index contributed by atoms with van der Waals surface area (Å²) in [5.74, 6) is 1.47. The minimum absolute atomic E-state index is 0.259. The average Bonchev–Trinajstić information content (AvgIpc) is 3.14. The number of benzene rings is 2. The predicted molar refractivity (Wildman–Crippen MR) is 125 cm³/mol. The zero-order chi connectivity index (χ0) is 21.7. The van der Waals surface area contributed by atoms with E-state index in [-0.39, 0.29) is 5.91 Å². The molecule has 0 saturated carbocycles. The van der Waals surface area contributed by atoms with Crippen LogP contribution in [0.15, 0.2) is 46.8 Å². The Hall–Kier alpha value is -2.09. The second-order valence-electron chi connectivity index (χ2n) is 7.20. The second-order valence-corrected chi connectivity index (χ2v) is 9.81. The van der Waals surface area contributed by atoms with Crippen molar-refractivity contribution in [3.05, 3.63) is 64.2 Å². The Balaban J connectivity index is 1.59. The van der Waals surface area contributed by atoms with Crippen LogP contribution >= 0.6 is 34.7 Å². The molecule has 0 aliphatic carbocycles. The summed E-state index contributed by atoms with van der Waals surface area (Å²) < 4.78 is 6.73. The lowest BCUT2D eigenvalue weighted by Crippen LogP contribution is -2.30. The third-order valence-electron chi connectivity index (χ3n) is 4.41. The summed E-state index contributed by atoms with van der Waals surface area (Å²) in [4.78, 5) is 12.6. The van der Waals surface area contributed by atoms with Gasteiger partial charge in [-0.25, -0.2) is 0 Å². The molecule has 1 amide bonds. The number of nitrogens with one attached hydrogen (secondary N) is 1. The normalized spacial score (nSPS) is 12.1. The Labute approximate surface area is 190 Å². The van der Waals surface area contributed by atoms with E-state index in [0.717, 1.165) is 31.8 Å². The number of anilines is 1. The summed E-state index contributed by atoms with van der Waals surface area (Å²) >= 11 is 9.05. The number of carbonyl (C=O) groups is 1. The monoisotopic (exact) mass is 461 g/mol. The maximum atomic E-state index is 12.6. The van der Waals surface area contributed by atoms with Crippen LogP contribution in [0, 0.1) is 6.92 Å². The standard InChI is InChI=1S/C22H24ClN3O2S2/c1-13(2)17-10-9-14(3)11-19(17)28-15(4)20(27)24-21-25-26-22(30-21)29-12-16-7-5-6-8-18(16)23/h5-11,13,15H,12H2,1-4H3,(H,24,25,27). The van der Waals surface area contributed by atoms with Gasteiger partial charge in [0, 0.05) is 10.8 Å². The van der Waals surface area contributed by atoms with Crippen molar-refractivity contribution >= 4 is 45.7 Å². The van der Waals surface area contributed by atoms with E-state index in [1.807, 2.05) is 43.3 Å². The number of ether oxygens (including phenoxy) is 1. The van der Waals surface area contributed by atoms with Crippen LogP contribution in [0.5, 0.6) is 5.75 Å². The molecule has 0 bridgehead atoms. The molecule has 30 heavy (non-hydrogen) atoms. The number of thioether (sulfide) groups is 1. The van der Waals surface area contributed by atoms with Crippen molar-refractivity contribution in [2.75, 3.05) is 5.32 Å². The summed E-state index contributed by atoms with van der Waals surface area (Å²) in [6.07, 6.45) is -0.660. The molecule has 2 aromatic carbocycles. The van der Waals surface area contributed by atoms with Gasteiger partial charge in [-0.3, -0.25) is 10.1 Å². The third-order valence-corrected chi connectivity index (χ3v) is 6.80. The Bertz CT molecular complexity index is 1020. The lowest BCUT2D eigenvalue weighted by Gasteiger charge is -2.18. The number of nitrogens with zero attached hydrogens (tertiary/aromatic N) is 2. The van der Waals surface area contributed by atoms with Gasteiger partial charge in [0.1, 0.15) is 5.75 Å². The first kappa shape index (κ1) is 22.6. The van der Waals surface area contributed by atoms with Gasteiger partial charge >= 0.3 is 0 Å². The highest BCUT2D eigenvalue weighted by Gasteiger charge is 2.19. The summed E-state index contributed by atoms with van der Waals surface area (Å²) in [6, 6.07) is 13.8. The molecule has 1 atom stereocenters.